The Balaban J connectivity index is 1.39. The summed E-state index contributed by atoms with van der Waals surface area (Å²) in [5.74, 6) is 1.01. The maximum absolute atomic E-state index is 5.82. The van der Waals surface area contributed by atoms with Gasteiger partial charge in [0.2, 0.25) is 0 Å². The Labute approximate surface area is 124 Å². The van der Waals surface area contributed by atoms with Crippen LogP contribution in [-0.4, -0.2) is 13.2 Å². The van der Waals surface area contributed by atoms with Gasteiger partial charge in [-0.1, -0.05) is 6.07 Å². The first-order valence-corrected chi connectivity index (χ1v) is 8.13. The van der Waals surface area contributed by atoms with Crippen LogP contribution in [-0.2, 0) is 19.4 Å². The Hall–Kier alpha value is -1.32. The maximum atomic E-state index is 5.82. The summed E-state index contributed by atoms with van der Waals surface area (Å²) in [4.78, 5) is 2.76. The topological polar surface area (TPSA) is 21.3 Å². The lowest BCUT2D eigenvalue weighted by atomic mass is 10.1. The van der Waals surface area contributed by atoms with Crippen molar-refractivity contribution in [1.82, 2.24) is 5.32 Å². The van der Waals surface area contributed by atoms with Crippen LogP contribution in [0.3, 0.4) is 0 Å². The van der Waals surface area contributed by atoms with Crippen LogP contribution < -0.4 is 10.1 Å². The smallest absolute Gasteiger partial charge is 0.119 e. The molecule has 0 atom stereocenters. The predicted octanol–water partition coefficient (Wildman–Crippen LogP) is 3.71. The Bertz CT molecular complexity index is 576. The van der Waals surface area contributed by atoms with Crippen molar-refractivity contribution in [3.05, 3.63) is 51.2 Å². The molecule has 2 nitrogen and oxygen atoms in total. The van der Waals surface area contributed by atoms with Crippen molar-refractivity contribution < 1.29 is 4.74 Å². The highest BCUT2D eigenvalue weighted by molar-refractivity contribution is 7.11. The molecular formula is C17H21NOS. The van der Waals surface area contributed by atoms with E-state index in [2.05, 4.69) is 42.6 Å². The SMILES string of the molecule is Cc1ccc(CNCCOc2ccc3c(c2)CCC3)s1. The molecular weight excluding hydrogens is 266 g/mol. The molecule has 0 aliphatic heterocycles. The predicted molar refractivity (Wildman–Crippen MR) is 84.7 cm³/mol. The number of aryl methyl sites for hydroxylation is 3. The number of fused-ring (bicyclic) bond motifs is 1. The van der Waals surface area contributed by atoms with E-state index in [1.807, 2.05) is 11.3 Å². The lowest BCUT2D eigenvalue weighted by Crippen LogP contribution is -2.20. The molecule has 0 spiro atoms. The van der Waals surface area contributed by atoms with Crippen LogP contribution in [0, 0.1) is 6.92 Å². The van der Waals surface area contributed by atoms with Crippen LogP contribution >= 0.6 is 11.3 Å². The van der Waals surface area contributed by atoms with Gasteiger partial charge in [0.1, 0.15) is 12.4 Å². The third-order valence-corrected chi connectivity index (χ3v) is 4.71. The Morgan fingerprint density at radius 3 is 2.90 bits per heavy atom. The van der Waals surface area contributed by atoms with Crippen LogP contribution in [0.2, 0.25) is 0 Å². The molecule has 1 aromatic heterocycles. The average Bonchev–Trinajstić information content (AvgIpc) is 3.06. The quantitative estimate of drug-likeness (QED) is 0.818. The monoisotopic (exact) mass is 287 g/mol. The molecule has 1 aromatic carbocycles. The molecule has 0 amide bonds. The molecule has 2 aromatic rings. The Kier molecular flexibility index (Phi) is 4.38. The highest BCUT2D eigenvalue weighted by atomic mass is 32.1. The highest BCUT2D eigenvalue weighted by Crippen LogP contribution is 2.25. The minimum Gasteiger partial charge on any atom is -0.492 e. The minimum atomic E-state index is 0.725. The van der Waals surface area contributed by atoms with Gasteiger partial charge >= 0.3 is 0 Å². The van der Waals surface area contributed by atoms with Crippen LogP contribution in [0.1, 0.15) is 27.3 Å². The van der Waals surface area contributed by atoms with E-state index in [0.717, 1.165) is 25.4 Å². The van der Waals surface area contributed by atoms with E-state index in [0.29, 0.717) is 0 Å². The van der Waals surface area contributed by atoms with E-state index >= 15 is 0 Å². The van der Waals surface area contributed by atoms with Gasteiger partial charge in [-0.15, -0.1) is 11.3 Å². The lowest BCUT2D eigenvalue weighted by molar-refractivity contribution is 0.313. The molecule has 1 aliphatic rings. The molecule has 0 unspecified atom stereocenters. The number of thiophene rings is 1. The molecule has 1 heterocycles. The highest BCUT2D eigenvalue weighted by Gasteiger charge is 2.10. The second kappa shape index (κ2) is 6.42. The molecule has 20 heavy (non-hydrogen) atoms. The van der Waals surface area contributed by atoms with Gasteiger partial charge in [0.05, 0.1) is 0 Å². The molecule has 1 aliphatic carbocycles. The largest absolute Gasteiger partial charge is 0.492 e. The van der Waals surface area contributed by atoms with Gasteiger partial charge in [0, 0.05) is 22.8 Å². The minimum absolute atomic E-state index is 0.725. The summed E-state index contributed by atoms with van der Waals surface area (Å²) in [6, 6.07) is 10.9. The summed E-state index contributed by atoms with van der Waals surface area (Å²) in [5.41, 5.74) is 2.98. The maximum Gasteiger partial charge on any atom is 0.119 e. The third kappa shape index (κ3) is 3.41. The fourth-order valence-corrected chi connectivity index (χ4v) is 3.53. The van der Waals surface area contributed by atoms with Crippen LogP contribution in [0.25, 0.3) is 0 Å². The van der Waals surface area contributed by atoms with E-state index in [1.165, 1.54) is 40.1 Å². The fraction of sp³-hybridized carbons (Fsp3) is 0.412. The molecule has 106 valence electrons. The third-order valence-electron chi connectivity index (χ3n) is 3.71. The van der Waals surface area contributed by atoms with Gasteiger partial charge in [-0.3, -0.25) is 0 Å². The summed E-state index contributed by atoms with van der Waals surface area (Å²) in [6.45, 7) is 4.69. The van der Waals surface area contributed by atoms with Crippen molar-refractivity contribution in [3.8, 4) is 5.75 Å². The Morgan fingerprint density at radius 1 is 1.15 bits per heavy atom. The second-order valence-corrected chi connectivity index (χ2v) is 6.69. The molecule has 0 fully saturated rings. The van der Waals surface area contributed by atoms with E-state index in [-0.39, 0.29) is 0 Å². The van der Waals surface area contributed by atoms with Crippen molar-refractivity contribution in [3.63, 3.8) is 0 Å². The average molecular weight is 287 g/mol. The number of ether oxygens (including phenoxy) is 1. The molecule has 0 radical (unpaired) electrons. The van der Waals surface area contributed by atoms with Gasteiger partial charge in [-0.25, -0.2) is 0 Å². The van der Waals surface area contributed by atoms with Gasteiger partial charge in [-0.2, -0.15) is 0 Å². The lowest BCUT2D eigenvalue weighted by Gasteiger charge is -2.08. The molecule has 0 bridgehead atoms. The number of rotatable bonds is 6. The number of hydrogen-bond donors (Lipinski definition) is 1. The molecule has 1 N–H and O–H groups in total. The molecule has 3 rings (SSSR count). The normalized spacial score (nSPS) is 13.4. The van der Waals surface area contributed by atoms with Gasteiger partial charge in [0.25, 0.3) is 0 Å². The summed E-state index contributed by atoms with van der Waals surface area (Å²) in [6.07, 6.45) is 3.74. The Morgan fingerprint density at radius 2 is 2.05 bits per heavy atom. The number of nitrogens with one attached hydrogen (secondary N) is 1. The van der Waals surface area contributed by atoms with Crippen LogP contribution in [0.4, 0.5) is 0 Å². The van der Waals surface area contributed by atoms with Crippen LogP contribution in [0.15, 0.2) is 30.3 Å². The zero-order valence-electron chi connectivity index (χ0n) is 11.9. The molecule has 0 saturated heterocycles. The number of hydrogen-bond acceptors (Lipinski definition) is 3. The zero-order valence-corrected chi connectivity index (χ0v) is 12.8. The first kappa shape index (κ1) is 13.7. The van der Waals surface area contributed by atoms with E-state index in [9.17, 15) is 0 Å². The van der Waals surface area contributed by atoms with E-state index < -0.39 is 0 Å². The van der Waals surface area contributed by atoms with Gasteiger partial charge in [-0.05, 0) is 61.6 Å². The van der Waals surface area contributed by atoms with Crippen LogP contribution in [0.5, 0.6) is 5.75 Å². The van der Waals surface area contributed by atoms with Crippen molar-refractivity contribution in [2.24, 2.45) is 0 Å². The van der Waals surface area contributed by atoms with Gasteiger partial charge in [0.15, 0.2) is 0 Å². The summed E-state index contributed by atoms with van der Waals surface area (Å²) in [5, 5.41) is 3.42. The second-order valence-electron chi connectivity index (χ2n) is 5.32. The summed E-state index contributed by atoms with van der Waals surface area (Å²) < 4.78 is 5.82. The molecule has 0 saturated carbocycles. The first-order valence-electron chi connectivity index (χ1n) is 7.32. The summed E-state index contributed by atoms with van der Waals surface area (Å²) >= 11 is 1.85. The van der Waals surface area contributed by atoms with E-state index in [1.54, 1.807) is 0 Å². The first-order chi connectivity index (χ1) is 9.81. The fourth-order valence-electron chi connectivity index (χ4n) is 2.67. The zero-order chi connectivity index (χ0) is 13.8. The van der Waals surface area contributed by atoms with Crippen molar-refractivity contribution in [2.45, 2.75) is 32.7 Å². The van der Waals surface area contributed by atoms with E-state index in [4.69, 9.17) is 4.74 Å². The standard InChI is InChI=1S/C17H21NOS/c1-13-5-8-17(20-13)12-18-9-10-19-16-7-6-14-3-2-4-15(14)11-16/h5-8,11,18H,2-4,9-10,12H2,1H3. The van der Waals surface area contributed by atoms with Gasteiger partial charge < -0.3 is 10.1 Å². The van der Waals surface area contributed by atoms with Crippen molar-refractivity contribution in [1.29, 1.82) is 0 Å². The summed E-state index contributed by atoms with van der Waals surface area (Å²) in [7, 11) is 0. The molecule has 3 heteroatoms. The van der Waals surface area contributed by atoms with Crippen molar-refractivity contribution in [2.75, 3.05) is 13.2 Å². The van der Waals surface area contributed by atoms with Crippen molar-refractivity contribution >= 4 is 11.3 Å². The number of benzene rings is 1.